The molecular weight excluding hydrogens is 428 g/mol. The molecule has 0 aliphatic carbocycles. The van der Waals surface area contributed by atoms with Crippen LogP contribution in [0.3, 0.4) is 0 Å². The molecule has 8 nitrogen and oxygen atoms in total. The minimum absolute atomic E-state index is 0.00449. The van der Waals surface area contributed by atoms with Gasteiger partial charge in [-0.25, -0.2) is 4.68 Å². The number of carbonyl (C=O) groups excluding carboxylic acids is 1. The van der Waals surface area contributed by atoms with Crippen molar-refractivity contribution in [2.75, 3.05) is 37.7 Å². The molecule has 34 heavy (non-hydrogen) atoms. The van der Waals surface area contributed by atoms with Gasteiger partial charge in [0.25, 0.3) is 5.91 Å². The van der Waals surface area contributed by atoms with Gasteiger partial charge in [-0.15, -0.1) is 5.10 Å². The second-order valence-electron chi connectivity index (χ2n) is 8.07. The molecule has 0 saturated carbocycles. The highest BCUT2D eigenvalue weighted by atomic mass is 16.5. The molecule has 1 aliphatic rings. The number of benzene rings is 3. The third-order valence-electron chi connectivity index (χ3n) is 5.96. The van der Waals surface area contributed by atoms with Crippen molar-refractivity contribution < 1.29 is 9.53 Å². The van der Waals surface area contributed by atoms with E-state index in [1.807, 2.05) is 78.6 Å². The van der Waals surface area contributed by atoms with Crippen LogP contribution in [-0.2, 0) is 0 Å². The van der Waals surface area contributed by atoms with Crippen molar-refractivity contribution in [1.82, 2.24) is 25.1 Å². The van der Waals surface area contributed by atoms with Crippen molar-refractivity contribution >= 4 is 11.6 Å². The highest BCUT2D eigenvalue weighted by Crippen LogP contribution is 2.29. The van der Waals surface area contributed by atoms with Gasteiger partial charge in [0, 0.05) is 31.7 Å². The van der Waals surface area contributed by atoms with Gasteiger partial charge in [-0.3, -0.25) is 4.79 Å². The Morgan fingerprint density at radius 3 is 2.41 bits per heavy atom. The van der Waals surface area contributed by atoms with E-state index in [0.717, 1.165) is 41.3 Å². The molecule has 2 heterocycles. The van der Waals surface area contributed by atoms with Crippen LogP contribution in [0.1, 0.15) is 17.3 Å². The smallest absolute Gasteiger partial charge is 0.254 e. The number of ether oxygens (including phenoxy) is 1. The predicted molar refractivity (Wildman–Crippen MR) is 130 cm³/mol. The molecule has 3 aromatic carbocycles. The zero-order chi connectivity index (χ0) is 23.3. The number of hydrogen-bond donors (Lipinski definition) is 0. The summed E-state index contributed by atoms with van der Waals surface area (Å²) >= 11 is 0. The van der Waals surface area contributed by atoms with E-state index in [4.69, 9.17) is 4.74 Å². The first-order chi connectivity index (χ1) is 16.7. The molecule has 0 spiro atoms. The third kappa shape index (κ3) is 4.47. The Hall–Kier alpha value is -4.20. The lowest BCUT2D eigenvalue weighted by Gasteiger charge is -2.36. The van der Waals surface area contributed by atoms with Gasteiger partial charge in [-0.2, -0.15) is 0 Å². The number of piperazine rings is 1. The van der Waals surface area contributed by atoms with Gasteiger partial charge in [0.1, 0.15) is 12.1 Å². The van der Waals surface area contributed by atoms with Crippen LogP contribution in [0.4, 0.5) is 5.69 Å². The van der Waals surface area contributed by atoms with E-state index in [1.165, 1.54) is 6.33 Å². The molecule has 8 heteroatoms. The Morgan fingerprint density at radius 2 is 1.68 bits per heavy atom. The van der Waals surface area contributed by atoms with Crippen molar-refractivity contribution in [3.05, 3.63) is 84.7 Å². The number of nitrogens with zero attached hydrogens (tertiary/aromatic N) is 6. The lowest BCUT2D eigenvalue weighted by molar-refractivity contribution is 0.0746. The Balaban J connectivity index is 1.38. The molecule has 172 valence electrons. The Morgan fingerprint density at radius 1 is 0.912 bits per heavy atom. The highest BCUT2D eigenvalue weighted by Gasteiger charge is 2.24. The second-order valence-corrected chi connectivity index (χ2v) is 8.07. The maximum absolute atomic E-state index is 13.5. The minimum atomic E-state index is 0.00449. The molecule has 5 rings (SSSR count). The van der Waals surface area contributed by atoms with Crippen LogP contribution in [-0.4, -0.2) is 63.8 Å². The second kappa shape index (κ2) is 9.74. The van der Waals surface area contributed by atoms with Crippen LogP contribution >= 0.6 is 0 Å². The SMILES string of the molecule is CCOc1ccccc1N1CCN(C(=O)c2cc(-c3ccccc3)cc(-n3cnnn3)c2)CC1. The summed E-state index contributed by atoms with van der Waals surface area (Å²) in [5.41, 5.74) is 4.42. The normalized spacial score (nSPS) is 13.7. The molecule has 1 amide bonds. The molecule has 0 N–H and O–H groups in total. The zero-order valence-corrected chi connectivity index (χ0v) is 19.0. The molecule has 1 aromatic heterocycles. The van der Waals surface area contributed by atoms with Crippen molar-refractivity contribution in [2.24, 2.45) is 0 Å². The van der Waals surface area contributed by atoms with Gasteiger partial charge < -0.3 is 14.5 Å². The van der Waals surface area contributed by atoms with Gasteiger partial charge in [0.15, 0.2) is 0 Å². The predicted octanol–water partition coefficient (Wildman–Crippen LogP) is 3.69. The molecule has 0 bridgehead atoms. The standard InChI is InChI=1S/C26H26N6O2/c1-2-34-25-11-7-6-10-24(25)30-12-14-31(15-13-30)26(33)22-16-21(20-8-4-3-5-9-20)17-23(18-22)32-19-27-28-29-32/h3-11,16-19H,2,12-15H2,1H3. The van der Waals surface area contributed by atoms with Gasteiger partial charge in [0.2, 0.25) is 0 Å². The van der Waals surface area contributed by atoms with Crippen LogP contribution in [0, 0.1) is 0 Å². The van der Waals surface area contributed by atoms with Crippen molar-refractivity contribution in [3.8, 4) is 22.6 Å². The van der Waals surface area contributed by atoms with E-state index < -0.39 is 0 Å². The van der Waals surface area contributed by atoms with Gasteiger partial charge in [-0.05, 0) is 58.8 Å². The van der Waals surface area contributed by atoms with Crippen molar-refractivity contribution in [2.45, 2.75) is 6.92 Å². The summed E-state index contributed by atoms with van der Waals surface area (Å²) in [4.78, 5) is 17.7. The molecule has 1 fully saturated rings. The molecule has 1 aliphatic heterocycles. The summed E-state index contributed by atoms with van der Waals surface area (Å²) in [7, 11) is 0. The van der Waals surface area contributed by atoms with E-state index in [1.54, 1.807) is 4.68 Å². The van der Waals surface area contributed by atoms with E-state index in [2.05, 4.69) is 26.5 Å². The summed E-state index contributed by atoms with van der Waals surface area (Å²) in [6.45, 7) is 5.36. The fourth-order valence-electron chi connectivity index (χ4n) is 4.27. The average Bonchev–Trinajstić information content (AvgIpc) is 3.45. The summed E-state index contributed by atoms with van der Waals surface area (Å²) in [6.07, 6.45) is 1.53. The topological polar surface area (TPSA) is 76.4 Å². The maximum Gasteiger partial charge on any atom is 0.254 e. The van der Waals surface area contributed by atoms with Crippen LogP contribution in [0.15, 0.2) is 79.1 Å². The largest absolute Gasteiger partial charge is 0.492 e. The molecule has 4 aromatic rings. The summed E-state index contributed by atoms with van der Waals surface area (Å²) in [6, 6.07) is 23.9. The van der Waals surface area contributed by atoms with Gasteiger partial charge in [-0.1, -0.05) is 42.5 Å². The average molecular weight is 455 g/mol. The third-order valence-corrected chi connectivity index (χ3v) is 5.96. The molecule has 1 saturated heterocycles. The maximum atomic E-state index is 13.5. The number of para-hydroxylation sites is 2. The van der Waals surface area contributed by atoms with E-state index in [-0.39, 0.29) is 5.91 Å². The number of amides is 1. The molecule has 0 radical (unpaired) electrons. The first-order valence-electron chi connectivity index (χ1n) is 11.4. The van der Waals surface area contributed by atoms with Crippen LogP contribution < -0.4 is 9.64 Å². The summed E-state index contributed by atoms with van der Waals surface area (Å²) in [5, 5.41) is 11.5. The number of carbonyl (C=O) groups is 1. The van der Waals surface area contributed by atoms with Crippen LogP contribution in [0.2, 0.25) is 0 Å². The molecular formula is C26H26N6O2. The fourth-order valence-corrected chi connectivity index (χ4v) is 4.27. The van der Waals surface area contributed by atoms with Crippen molar-refractivity contribution in [1.29, 1.82) is 0 Å². The van der Waals surface area contributed by atoms with E-state index in [0.29, 0.717) is 25.3 Å². The number of aromatic nitrogens is 4. The fraction of sp³-hybridized carbons (Fsp3) is 0.231. The van der Waals surface area contributed by atoms with Gasteiger partial charge in [0.05, 0.1) is 18.0 Å². The zero-order valence-electron chi connectivity index (χ0n) is 19.0. The van der Waals surface area contributed by atoms with Crippen molar-refractivity contribution in [3.63, 3.8) is 0 Å². The Labute approximate surface area is 198 Å². The Kier molecular flexibility index (Phi) is 6.20. The Bertz CT molecular complexity index is 1250. The quantitative estimate of drug-likeness (QED) is 0.442. The van der Waals surface area contributed by atoms with E-state index in [9.17, 15) is 4.79 Å². The summed E-state index contributed by atoms with van der Waals surface area (Å²) in [5.74, 6) is 0.885. The van der Waals surface area contributed by atoms with Crippen LogP contribution in [0.5, 0.6) is 5.75 Å². The molecule has 0 unspecified atom stereocenters. The lowest BCUT2D eigenvalue weighted by Crippen LogP contribution is -2.48. The van der Waals surface area contributed by atoms with Gasteiger partial charge >= 0.3 is 0 Å². The number of hydrogen-bond acceptors (Lipinski definition) is 6. The lowest BCUT2D eigenvalue weighted by atomic mass is 10.0. The number of rotatable bonds is 6. The van der Waals surface area contributed by atoms with Crippen LogP contribution in [0.25, 0.3) is 16.8 Å². The first kappa shape index (κ1) is 21.6. The minimum Gasteiger partial charge on any atom is -0.492 e. The molecule has 0 atom stereocenters. The summed E-state index contributed by atoms with van der Waals surface area (Å²) < 4.78 is 7.37. The highest BCUT2D eigenvalue weighted by molar-refractivity contribution is 5.96. The van der Waals surface area contributed by atoms with E-state index >= 15 is 0 Å². The number of anilines is 1. The number of tetrazole rings is 1. The first-order valence-corrected chi connectivity index (χ1v) is 11.4. The monoisotopic (exact) mass is 454 g/mol.